The fourth-order valence-electron chi connectivity index (χ4n) is 3.23. The second-order valence-corrected chi connectivity index (χ2v) is 6.39. The first kappa shape index (κ1) is 11.6. The number of hydrogen-bond acceptors (Lipinski definition) is 2. The average Bonchev–Trinajstić information content (AvgIpc) is 2.77. The Morgan fingerprint density at radius 2 is 2.17 bits per heavy atom. The van der Waals surface area contributed by atoms with E-state index in [1.54, 1.807) is 0 Å². The summed E-state index contributed by atoms with van der Waals surface area (Å²) in [6.45, 7) is 6.80. The second-order valence-electron chi connectivity index (χ2n) is 6.39. The molecule has 3 heteroatoms. The molecule has 1 aliphatic carbocycles. The minimum atomic E-state index is 0.428. The summed E-state index contributed by atoms with van der Waals surface area (Å²) in [5.74, 6) is 0.665. The lowest BCUT2D eigenvalue weighted by molar-refractivity contribution is 0.361. The summed E-state index contributed by atoms with van der Waals surface area (Å²) in [6, 6.07) is 6.87. The lowest BCUT2D eigenvalue weighted by Crippen LogP contribution is -2.11. The van der Waals surface area contributed by atoms with E-state index < -0.39 is 0 Å². The summed E-state index contributed by atoms with van der Waals surface area (Å²) in [6.07, 6.45) is 3.66. The minimum absolute atomic E-state index is 0.428. The molecule has 3 rings (SSSR count). The predicted molar refractivity (Wildman–Crippen MR) is 75.6 cm³/mol. The summed E-state index contributed by atoms with van der Waals surface area (Å²) >= 11 is 0. The second kappa shape index (κ2) is 3.74. The third-order valence-electron chi connectivity index (χ3n) is 4.18. The zero-order valence-corrected chi connectivity index (χ0v) is 11.4. The molecule has 3 nitrogen and oxygen atoms in total. The Morgan fingerprint density at radius 3 is 2.83 bits per heavy atom. The highest BCUT2D eigenvalue weighted by molar-refractivity contribution is 5.79. The van der Waals surface area contributed by atoms with Crippen LogP contribution in [0.2, 0.25) is 0 Å². The van der Waals surface area contributed by atoms with Gasteiger partial charge in [0, 0.05) is 6.04 Å². The fourth-order valence-corrected chi connectivity index (χ4v) is 3.23. The number of nitrogens with two attached hydrogens (primary N) is 1. The molecule has 0 spiro atoms. The summed E-state index contributed by atoms with van der Waals surface area (Å²) < 4.78 is 2.25. The van der Waals surface area contributed by atoms with Crippen LogP contribution >= 0.6 is 0 Å². The van der Waals surface area contributed by atoms with Crippen LogP contribution in [0.1, 0.15) is 44.7 Å². The molecular weight excluding hydrogens is 222 g/mol. The number of benzene rings is 1. The van der Waals surface area contributed by atoms with Crippen molar-refractivity contribution >= 4 is 17.0 Å². The first-order chi connectivity index (χ1) is 8.46. The number of imidazole rings is 1. The van der Waals surface area contributed by atoms with E-state index in [-0.39, 0.29) is 0 Å². The highest BCUT2D eigenvalue weighted by Crippen LogP contribution is 2.45. The quantitative estimate of drug-likeness (QED) is 0.830. The molecule has 0 saturated heterocycles. The molecule has 96 valence electrons. The number of aryl methyl sites for hydroxylation is 1. The molecule has 1 heterocycles. The highest BCUT2D eigenvalue weighted by atomic mass is 15.2. The van der Waals surface area contributed by atoms with Crippen molar-refractivity contribution in [1.82, 2.24) is 9.55 Å². The normalized spacial score (nSPS) is 22.7. The van der Waals surface area contributed by atoms with Gasteiger partial charge in [0.15, 0.2) is 0 Å². The lowest BCUT2D eigenvalue weighted by Gasteiger charge is -2.19. The molecule has 1 aromatic carbocycles. The first-order valence-electron chi connectivity index (χ1n) is 6.70. The molecule has 0 amide bonds. The summed E-state index contributed by atoms with van der Waals surface area (Å²) in [7, 11) is 0. The van der Waals surface area contributed by atoms with Crippen LogP contribution in [0.4, 0.5) is 5.95 Å². The van der Waals surface area contributed by atoms with Gasteiger partial charge in [-0.3, -0.25) is 0 Å². The van der Waals surface area contributed by atoms with Crippen LogP contribution in [0.3, 0.4) is 0 Å². The molecule has 1 saturated carbocycles. The van der Waals surface area contributed by atoms with Gasteiger partial charge in [-0.05, 0) is 49.3 Å². The van der Waals surface area contributed by atoms with Gasteiger partial charge in [-0.2, -0.15) is 0 Å². The van der Waals surface area contributed by atoms with Crippen LogP contribution in [0.15, 0.2) is 18.2 Å². The van der Waals surface area contributed by atoms with Crippen molar-refractivity contribution in [2.45, 2.75) is 46.1 Å². The van der Waals surface area contributed by atoms with Crippen molar-refractivity contribution in [3.8, 4) is 0 Å². The van der Waals surface area contributed by atoms with Gasteiger partial charge >= 0.3 is 0 Å². The maximum atomic E-state index is 6.12. The zero-order valence-electron chi connectivity index (χ0n) is 11.4. The molecule has 1 aliphatic rings. The van der Waals surface area contributed by atoms with Gasteiger partial charge in [-0.25, -0.2) is 4.98 Å². The van der Waals surface area contributed by atoms with Crippen molar-refractivity contribution in [1.29, 1.82) is 0 Å². The average molecular weight is 243 g/mol. The smallest absolute Gasteiger partial charge is 0.201 e. The van der Waals surface area contributed by atoms with E-state index in [0.717, 1.165) is 5.52 Å². The standard InChI is InChI=1S/C15H21N3/c1-10-4-5-12-13(8-10)18(14(16)17-12)11-6-7-15(2,3)9-11/h4-5,8,11H,6-7,9H2,1-3H3,(H2,16,17). The molecule has 2 aromatic rings. The SMILES string of the molecule is Cc1ccc2nc(N)n(C3CCC(C)(C)C3)c2c1. The van der Waals surface area contributed by atoms with E-state index in [9.17, 15) is 0 Å². The van der Waals surface area contributed by atoms with Gasteiger partial charge in [0.1, 0.15) is 0 Å². The fraction of sp³-hybridized carbons (Fsp3) is 0.533. The minimum Gasteiger partial charge on any atom is -0.369 e. The zero-order chi connectivity index (χ0) is 12.9. The Bertz CT molecular complexity index is 595. The Kier molecular flexibility index (Phi) is 2.40. The number of nitrogens with zero attached hydrogens (tertiary/aromatic N) is 2. The first-order valence-corrected chi connectivity index (χ1v) is 6.70. The molecule has 0 radical (unpaired) electrons. The third kappa shape index (κ3) is 1.78. The molecule has 1 atom stereocenters. The summed E-state index contributed by atoms with van der Waals surface area (Å²) in [5.41, 5.74) is 10.0. The maximum Gasteiger partial charge on any atom is 0.201 e. The van der Waals surface area contributed by atoms with Gasteiger partial charge in [-0.1, -0.05) is 19.9 Å². The van der Waals surface area contributed by atoms with Gasteiger partial charge < -0.3 is 10.3 Å². The molecule has 1 unspecified atom stereocenters. The number of nitrogen functional groups attached to an aromatic ring is 1. The topological polar surface area (TPSA) is 43.8 Å². The van der Waals surface area contributed by atoms with E-state index in [1.807, 2.05) is 0 Å². The van der Waals surface area contributed by atoms with E-state index in [4.69, 9.17) is 5.73 Å². The monoisotopic (exact) mass is 243 g/mol. The van der Waals surface area contributed by atoms with Crippen LogP contribution in [0, 0.1) is 12.3 Å². The van der Waals surface area contributed by atoms with E-state index in [1.165, 1.54) is 30.3 Å². The molecule has 1 fully saturated rings. The molecule has 2 N–H and O–H groups in total. The highest BCUT2D eigenvalue weighted by Gasteiger charge is 2.33. The van der Waals surface area contributed by atoms with Gasteiger partial charge in [0.05, 0.1) is 11.0 Å². The Balaban J connectivity index is 2.11. The van der Waals surface area contributed by atoms with Crippen LogP contribution in [0.25, 0.3) is 11.0 Å². The number of anilines is 1. The van der Waals surface area contributed by atoms with Crippen LogP contribution in [-0.2, 0) is 0 Å². The Labute approximate surface area is 108 Å². The van der Waals surface area contributed by atoms with Crippen molar-refractivity contribution in [3.05, 3.63) is 23.8 Å². The van der Waals surface area contributed by atoms with E-state index >= 15 is 0 Å². The van der Waals surface area contributed by atoms with Crippen LogP contribution in [0.5, 0.6) is 0 Å². The van der Waals surface area contributed by atoms with E-state index in [2.05, 4.69) is 48.5 Å². The van der Waals surface area contributed by atoms with Gasteiger partial charge in [0.2, 0.25) is 5.95 Å². The largest absolute Gasteiger partial charge is 0.369 e. The number of hydrogen-bond donors (Lipinski definition) is 1. The van der Waals surface area contributed by atoms with Crippen molar-refractivity contribution in [2.75, 3.05) is 5.73 Å². The Hall–Kier alpha value is -1.51. The van der Waals surface area contributed by atoms with Crippen LogP contribution in [-0.4, -0.2) is 9.55 Å². The summed E-state index contributed by atoms with van der Waals surface area (Å²) in [5, 5.41) is 0. The number of rotatable bonds is 1. The van der Waals surface area contributed by atoms with Crippen molar-refractivity contribution in [2.24, 2.45) is 5.41 Å². The predicted octanol–water partition coefficient (Wildman–Crippen LogP) is 3.68. The van der Waals surface area contributed by atoms with Gasteiger partial charge in [0.25, 0.3) is 0 Å². The molecule has 0 bridgehead atoms. The lowest BCUT2D eigenvalue weighted by atomic mass is 9.92. The maximum absolute atomic E-state index is 6.12. The van der Waals surface area contributed by atoms with Crippen LogP contribution < -0.4 is 5.73 Å². The van der Waals surface area contributed by atoms with Crippen molar-refractivity contribution < 1.29 is 0 Å². The number of aromatic nitrogens is 2. The molecule has 18 heavy (non-hydrogen) atoms. The molecule has 1 aromatic heterocycles. The number of fused-ring (bicyclic) bond motifs is 1. The molecular formula is C15H21N3. The third-order valence-corrected chi connectivity index (χ3v) is 4.18. The Morgan fingerprint density at radius 1 is 1.39 bits per heavy atom. The summed E-state index contributed by atoms with van der Waals surface area (Å²) in [4.78, 5) is 4.49. The van der Waals surface area contributed by atoms with Gasteiger partial charge in [-0.15, -0.1) is 0 Å². The van der Waals surface area contributed by atoms with E-state index in [0.29, 0.717) is 17.4 Å². The molecule has 0 aliphatic heterocycles. The van der Waals surface area contributed by atoms with Crippen molar-refractivity contribution in [3.63, 3.8) is 0 Å².